The Hall–Kier alpha value is -2.62. The molecule has 1 heterocycles. The van der Waals surface area contributed by atoms with Gasteiger partial charge in [-0.25, -0.2) is 8.42 Å². The molecule has 2 aromatic rings. The molecule has 1 N–H and O–H groups in total. The summed E-state index contributed by atoms with van der Waals surface area (Å²) >= 11 is 0. The van der Waals surface area contributed by atoms with Crippen LogP contribution >= 0.6 is 0 Å². The predicted molar refractivity (Wildman–Crippen MR) is 121 cm³/mol. The highest BCUT2D eigenvalue weighted by molar-refractivity contribution is 7.89. The van der Waals surface area contributed by atoms with Crippen molar-refractivity contribution in [3.63, 3.8) is 0 Å². The van der Waals surface area contributed by atoms with Crippen molar-refractivity contribution in [3.8, 4) is 11.5 Å². The van der Waals surface area contributed by atoms with E-state index in [0.717, 1.165) is 16.9 Å². The van der Waals surface area contributed by atoms with Crippen molar-refractivity contribution in [2.75, 3.05) is 40.5 Å². The zero-order valence-electron chi connectivity index (χ0n) is 18.9. The van der Waals surface area contributed by atoms with E-state index >= 15 is 0 Å². The molecule has 174 valence electrons. The third-order valence-electron chi connectivity index (χ3n) is 5.56. The van der Waals surface area contributed by atoms with Crippen molar-refractivity contribution in [2.45, 2.75) is 31.2 Å². The molecule has 0 spiro atoms. The number of sulfonamides is 1. The number of amides is 1. The summed E-state index contributed by atoms with van der Waals surface area (Å²) in [6.45, 7) is 5.18. The summed E-state index contributed by atoms with van der Waals surface area (Å²) in [6.07, 6.45) is 0.658. The van der Waals surface area contributed by atoms with Crippen molar-refractivity contribution >= 4 is 15.9 Å². The van der Waals surface area contributed by atoms with E-state index in [4.69, 9.17) is 14.2 Å². The van der Waals surface area contributed by atoms with Gasteiger partial charge in [-0.2, -0.15) is 4.31 Å². The Balaban J connectivity index is 1.89. The van der Waals surface area contributed by atoms with Crippen LogP contribution in [0.15, 0.2) is 41.3 Å². The molecule has 0 saturated carbocycles. The normalized spacial score (nSPS) is 15.8. The molecule has 1 fully saturated rings. The first-order valence-corrected chi connectivity index (χ1v) is 12.0. The minimum Gasteiger partial charge on any atom is -0.496 e. The maximum Gasteiger partial charge on any atom is 0.255 e. The number of rotatable bonds is 8. The van der Waals surface area contributed by atoms with Gasteiger partial charge in [0.25, 0.3) is 5.91 Å². The van der Waals surface area contributed by atoms with Gasteiger partial charge in [-0.1, -0.05) is 19.1 Å². The van der Waals surface area contributed by atoms with Gasteiger partial charge in [0.1, 0.15) is 11.5 Å². The number of hydrogen-bond acceptors (Lipinski definition) is 6. The first-order chi connectivity index (χ1) is 15.3. The molecule has 0 aliphatic carbocycles. The van der Waals surface area contributed by atoms with Gasteiger partial charge >= 0.3 is 0 Å². The Morgan fingerprint density at radius 2 is 1.75 bits per heavy atom. The molecule has 1 amide bonds. The Morgan fingerprint density at radius 3 is 2.34 bits per heavy atom. The molecule has 3 rings (SSSR count). The average Bonchev–Trinajstić information content (AvgIpc) is 2.82. The Kier molecular flexibility index (Phi) is 7.76. The van der Waals surface area contributed by atoms with Crippen molar-refractivity contribution in [3.05, 3.63) is 53.1 Å². The van der Waals surface area contributed by atoms with E-state index in [2.05, 4.69) is 5.32 Å². The molecule has 1 saturated heterocycles. The molecule has 9 heteroatoms. The summed E-state index contributed by atoms with van der Waals surface area (Å²) in [6, 6.07) is 9.86. The van der Waals surface area contributed by atoms with Crippen LogP contribution in [0.3, 0.4) is 0 Å². The van der Waals surface area contributed by atoms with Gasteiger partial charge in [0, 0.05) is 13.1 Å². The smallest absolute Gasteiger partial charge is 0.255 e. The third kappa shape index (κ3) is 5.06. The largest absolute Gasteiger partial charge is 0.496 e. The molecule has 0 bridgehead atoms. The van der Waals surface area contributed by atoms with E-state index in [1.54, 1.807) is 7.11 Å². The fourth-order valence-corrected chi connectivity index (χ4v) is 5.17. The van der Waals surface area contributed by atoms with Crippen LogP contribution in [0.2, 0.25) is 0 Å². The zero-order valence-corrected chi connectivity index (χ0v) is 19.7. The number of nitrogens with zero attached hydrogens (tertiary/aromatic N) is 1. The Labute approximate surface area is 189 Å². The van der Waals surface area contributed by atoms with E-state index in [1.165, 1.54) is 29.6 Å². The molecule has 0 radical (unpaired) electrons. The van der Waals surface area contributed by atoms with Crippen molar-refractivity contribution < 1.29 is 27.4 Å². The molecule has 2 aromatic carbocycles. The van der Waals surface area contributed by atoms with Crippen LogP contribution in [-0.2, 0) is 14.8 Å². The molecule has 0 unspecified atom stereocenters. The quantitative estimate of drug-likeness (QED) is 0.648. The van der Waals surface area contributed by atoms with Gasteiger partial charge in [0.05, 0.1) is 43.9 Å². The number of nitrogens with one attached hydrogen (secondary N) is 1. The highest BCUT2D eigenvalue weighted by Crippen LogP contribution is 2.28. The van der Waals surface area contributed by atoms with E-state index in [9.17, 15) is 13.2 Å². The lowest BCUT2D eigenvalue weighted by Gasteiger charge is -2.26. The fourth-order valence-electron chi connectivity index (χ4n) is 3.74. The zero-order chi connectivity index (χ0) is 23.3. The number of ether oxygens (including phenoxy) is 3. The summed E-state index contributed by atoms with van der Waals surface area (Å²) < 4.78 is 43.4. The minimum absolute atomic E-state index is 0.0543. The number of carbonyl (C=O) groups is 1. The topological polar surface area (TPSA) is 94.2 Å². The molecular formula is C23H30N2O6S. The lowest BCUT2D eigenvalue weighted by atomic mass is 10.0. The maximum absolute atomic E-state index is 13.2. The fraction of sp³-hybridized carbons (Fsp3) is 0.435. The monoisotopic (exact) mass is 462 g/mol. The number of benzene rings is 2. The summed E-state index contributed by atoms with van der Waals surface area (Å²) in [5.41, 5.74) is 2.08. The third-order valence-corrected chi connectivity index (χ3v) is 7.45. The SMILES string of the molecule is CC[C@H](NC(=O)c1cc(S(=O)(=O)N2CCOCC2)ccc1OC)c1ccc(OC)c(C)c1. The van der Waals surface area contributed by atoms with Crippen LogP contribution in [-0.4, -0.2) is 59.2 Å². The number of methoxy groups -OCH3 is 2. The molecule has 8 nitrogen and oxygen atoms in total. The van der Waals surface area contributed by atoms with Crippen LogP contribution in [0, 0.1) is 6.92 Å². The van der Waals surface area contributed by atoms with Crippen LogP contribution in [0.25, 0.3) is 0 Å². The van der Waals surface area contributed by atoms with Crippen LogP contribution < -0.4 is 14.8 Å². The van der Waals surface area contributed by atoms with Gasteiger partial charge in [-0.15, -0.1) is 0 Å². The highest BCUT2D eigenvalue weighted by Gasteiger charge is 2.28. The first kappa shape index (κ1) is 24.0. The average molecular weight is 463 g/mol. The molecule has 32 heavy (non-hydrogen) atoms. The van der Waals surface area contributed by atoms with Gasteiger partial charge in [-0.3, -0.25) is 4.79 Å². The Bertz CT molecular complexity index is 1060. The minimum atomic E-state index is -3.74. The predicted octanol–water partition coefficient (Wildman–Crippen LogP) is 2.91. The first-order valence-electron chi connectivity index (χ1n) is 10.5. The van der Waals surface area contributed by atoms with Crippen LogP contribution in [0.5, 0.6) is 11.5 Å². The van der Waals surface area contributed by atoms with Crippen molar-refractivity contribution in [2.24, 2.45) is 0 Å². The summed E-state index contributed by atoms with van der Waals surface area (Å²) in [4.78, 5) is 13.2. The summed E-state index contributed by atoms with van der Waals surface area (Å²) in [7, 11) is -0.671. The van der Waals surface area contributed by atoms with Crippen LogP contribution in [0.4, 0.5) is 0 Å². The van der Waals surface area contributed by atoms with E-state index in [1.807, 2.05) is 32.0 Å². The number of aryl methyl sites for hydroxylation is 1. The second-order valence-electron chi connectivity index (χ2n) is 7.54. The second-order valence-corrected chi connectivity index (χ2v) is 9.48. The van der Waals surface area contributed by atoms with Gasteiger partial charge in [0.15, 0.2) is 0 Å². The molecular weight excluding hydrogens is 432 g/mol. The number of morpholine rings is 1. The number of hydrogen-bond donors (Lipinski definition) is 1. The molecule has 1 aliphatic heterocycles. The van der Waals surface area contributed by atoms with Gasteiger partial charge < -0.3 is 19.5 Å². The Morgan fingerprint density at radius 1 is 1.09 bits per heavy atom. The standard InChI is InChI=1S/C23H30N2O6S/c1-5-20(17-6-8-21(29-3)16(2)14-17)24-23(26)19-15-18(7-9-22(19)30-4)32(27,28)25-10-12-31-13-11-25/h6-9,14-15,20H,5,10-13H2,1-4H3,(H,24,26)/t20-/m0/s1. The molecule has 0 aromatic heterocycles. The molecule has 1 aliphatic rings. The summed E-state index contributed by atoms with van der Waals surface area (Å²) in [5.74, 6) is 0.683. The van der Waals surface area contributed by atoms with Crippen molar-refractivity contribution in [1.82, 2.24) is 9.62 Å². The number of carbonyl (C=O) groups excluding carboxylic acids is 1. The van der Waals surface area contributed by atoms with E-state index in [0.29, 0.717) is 25.4 Å². The summed E-state index contributed by atoms with van der Waals surface area (Å²) in [5, 5.41) is 3.01. The lowest BCUT2D eigenvalue weighted by molar-refractivity contribution is 0.0730. The molecule has 1 atom stereocenters. The maximum atomic E-state index is 13.2. The van der Waals surface area contributed by atoms with Crippen LogP contribution in [0.1, 0.15) is 40.9 Å². The lowest BCUT2D eigenvalue weighted by Crippen LogP contribution is -2.40. The van der Waals surface area contributed by atoms with Gasteiger partial charge in [0.2, 0.25) is 10.0 Å². The highest BCUT2D eigenvalue weighted by atomic mass is 32.2. The second kappa shape index (κ2) is 10.3. The van der Waals surface area contributed by atoms with E-state index in [-0.39, 0.29) is 29.6 Å². The van der Waals surface area contributed by atoms with E-state index < -0.39 is 15.9 Å². The van der Waals surface area contributed by atoms with Gasteiger partial charge in [-0.05, 0) is 48.7 Å². The van der Waals surface area contributed by atoms with Crippen molar-refractivity contribution in [1.29, 1.82) is 0 Å².